The Hall–Kier alpha value is -4.55. The van der Waals surface area contributed by atoms with Gasteiger partial charge in [-0.05, 0) is 41.8 Å². The zero-order chi connectivity index (χ0) is 28.9. The molecule has 41 heavy (non-hydrogen) atoms. The second-order valence-corrected chi connectivity index (χ2v) is 11.2. The Morgan fingerprint density at radius 3 is 2.54 bits per heavy atom. The molecule has 0 saturated carbocycles. The maximum Gasteiger partial charge on any atom is 0.301 e. The van der Waals surface area contributed by atoms with Crippen LogP contribution in [0.2, 0.25) is 0 Å². The molecule has 0 bridgehead atoms. The topological polar surface area (TPSA) is 136 Å². The number of ketones is 1. The summed E-state index contributed by atoms with van der Waals surface area (Å²) in [5.74, 6) is -1.04. The first kappa shape index (κ1) is 28.0. The van der Waals surface area contributed by atoms with Gasteiger partial charge in [0.05, 0.1) is 23.1 Å². The van der Waals surface area contributed by atoms with E-state index >= 15 is 0 Å². The van der Waals surface area contributed by atoms with E-state index in [-0.39, 0.29) is 22.0 Å². The zero-order valence-electron chi connectivity index (χ0n) is 21.8. The molecule has 4 aromatic rings. The van der Waals surface area contributed by atoms with Gasteiger partial charge in [0.15, 0.2) is 4.34 Å². The summed E-state index contributed by atoms with van der Waals surface area (Å²) in [6.07, 6.45) is 0.826. The van der Waals surface area contributed by atoms with Gasteiger partial charge in [-0.1, -0.05) is 72.5 Å². The molecule has 0 aliphatic carbocycles. The average Bonchev–Trinajstić information content (AvgIpc) is 3.57. The summed E-state index contributed by atoms with van der Waals surface area (Å²) in [4.78, 5) is 39.0. The number of ether oxygens (including phenoxy) is 1. The number of aromatic nitrogens is 2. The number of nitrogens with zero attached hydrogens (tertiary/aromatic N) is 4. The summed E-state index contributed by atoms with van der Waals surface area (Å²) < 4.78 is 6.17. The zero-order valence-corrected chi connectivity index (χ0v) is 23.4. The molecule has 10 nitrogen and oxygen atoms in total. The molecule has 1 fully saturated rings. The van der Waals surface area contributed by atoms with Crippen LogP contribution in [-0.4, -0.2) is 38.5 Å². The van der Waals surface area contributed by atoms with E-state index in [2.05, 4.69) is 10.2 Å². The van der Waals surface area contributed by atoms with Crippen molar-refractivity contribution in [3.05, 3.63) is 111 Å². The van der Waals surface area contributed by atoms with Gasteiger partial charge >= 0.3 is 5.91 Å². The van der Waals surface area contributed by atoms with Gasteiger partial charge in [-0.15, -0.1) is 10.2 Å². The molecule has 1 saturated heterocycles. The van der Waals surface area contributed by atoms with Gasteiger partial charge in [-0.2, -0.15) is 0 Å². The fraction of sp³-hybridized carbons (Fsp3) is 0.172. The van der Waals surface area contributed by atoms with Gasteiger partial charge in [0.1, 0.15) is 11.5 Å². The number of benzene rings is 3. The van der Waals surface area contributed by atoms with Crippen LogP contribution in [-0.2, 0) is 15.3 Å². The fourth-order valence-electron chi connectivity index (χ4n) is 4.32. The molecule has 1 atom stereocenters. The van der Waals surface area contributed by atoms with Crippen LogP contribution in [0.4, 0.5) is 10.8 Å². The predicted molar refractivity (Wildman–Crippen MR) is 156 cm³/mol. The number of hydrogen-bond donors (Lipinski definition) is 1. The molecule has 2 heterocycles. The molecular formula is C29H24N4O6S2. The molecule has 1 amide bonds. The summed E-state index contributed by atoms with van der Waals surface area (Å²) in [6, 6.07) is 20.7. The Morgan fingerprint density at radius 1 is 1.07 bits per heavy atom. The van der Waals surface area contributed by atoms with E-state index in [0.29, 0.717) is 28.0 Å². The third kappa shape index (κ3) is 5.98. The first-order chi connectivity index (χ1) is 19.9. The maximum atomic E-state index is 13.4. The van der Waals surface area contributed by atoms with Crippen LogP contribution in [0.3, 0.4) is 0 Å². The van der Waals surface area contributed by atoms with E-state index in [1.165, 1.54) is 30.0 Å². The van der Waals surface area contributed by atoms with E-state index in [0.717, 1.165) is 28.2 Å². The van der Waals surface area contributed by atoms with Crippen LogP contribution in [0.15, 0.2) is 88.8 Å². The van der Waals surface area contributed by atoms with Gasteiger partial charge in [-0.25, -0.2) is 0 Å². The van der Waals surface area contributed by atoms with Crippen LogP contribution in [0.5, 0.6) is 5.75 Å². The van der Waals surface area contributed by atoms with Crippen molar-refractivity contribution < 1.29 is 24.4 Å². The largest absolute Gasteiger partial charge is 0.507 e. The number of rotatable bonds is 10. The van der Waals surface area contributed by atoms with Crippen LogP contribution < -0.4 is 9.64 Å². The lowest BCUT2D eigenvalue weighted by Gasteiger charge is -2.22. The highest BCUT2D eigenvalue weighted by Gasteiger charge is 2.48. The van der Waals surface area contributed by atoms with Crippen molar-refractivity contribution in [2.45, 2.75) is 29.5 Å². The maximum absolute atomic E-state index is 13.4. The number of nitro benzene ring substituents is 1. The summed E-state index contributed by atoms with van der Waals surface area (Å²) in [7, 11) is 0. The summed E-state index contributed by atoms with van der Waals surface area (Å²) >= 11 is 2.55. The number of thioether (sulfide) groups is 1. The normalized spacial score (nSPS) is 16.2. The second-order valence-electron chi connectivity index (χ2n) is 9.02. The number of anilines is 1. The first-order valence-corrected chi connectivity index (χ1v) is 14.5. The van der Waals surface area contributed by atoms with Crippen molar-refractivity contribution in [3.8, 4) is 5.75 Å². The second kappa shape index (κ2) is 12.3. The molecule has 1 aliphatic heterocycles. The molecular weight excluding hydrogens is 564 g/mol. The molecule has 0 radical (unpaired) electrons. The van der Waals surface area contributed by atoms with Gasteiger partial charge < -0.3 is 9.84 Å². The number of aliphatic hydroxyl groups excluding tert-OH is 1. The van der Waals surface area contributed by atoms with Crippen molar-refractivity contribution in [1.29, 1.82) is 0 Å². The Morgan fingerprint density at radius 2 is 1.83 bits per heavy atom. The van der Waals surface area contributed by atoms with Crippen LogP contribution in [0.1, 0.15) is 36.1 Å². The van der Waals surface area contributed by atoms with Crippen LogP contribution >= 0.6 is 23.1 Å². The standard InChI is InChI=1S/C29H24N4O6S2/c1-2-15-39-22-13-11-19(12-14-22)25(34)23-24(20-9-6-10-21(16-20)33(37)38)32(27(36)26(23)35)28-30-31-29(41-28)40-17-18-7-4-3-5-8-18/h3-14,16,24,34H,2,15,17H2,1H3/b25-23+. The summed E-state index contributed by atoms with van der Waals surface area (Å²) in [5, 5.41) is 31.4. The molecule has 12 heteroatoms. The Bertz CT molecular complexity index is 1620. The van der Waals surface area contributed by atoms with Gasteiger partial charge in [0.2, 0.25) is 5.13 Å². The summed E-state index contributed by atoms with van der Waals surface area (Å²) in [5.41, 5.74) is 1.22. The monoisotopic (exact) mass is 588 g/mol. The minimum Gasteiger partial charge on any atom is -0.507 e. The molecule has 3 aromatic carbocycles. The summed E-state index contributed by atoms with van der Waals surface area (Å²) in [6.45, 7) is 2.51. The molecule has 1 aliphatic rings. The number of non-ortho nitro benzene ring substituents is 1. The van der Waals surface area contributed by atoms with E-state index in [1.54, 1.807) is 30.3 Å². The van der Waals surface area contributed by atoms with Crippen molar-refractivity contribution in [3.63, 3.8) is 0 Å². The number of amides is 1. The lowest BCUT2D eigenvalue weighted by atomic mass is 9.95. The Kier molecular flexibility index (Phi) is 8.41. The lowest BCUT2D eigenvalue weighted by Crippen LogP contribution is -2.29. The third-order valence-corrected chi connectivity index (χ3v) is 8.38. The van der Waals surface area contributed by atoms with Crippen LogP contribution in [0.25, 0.3) is 5.76 Å². The number of carbonyl (C=O) groups excluding carboxylic acids is 2. The Balaban J connectivity index is 1.55. The first-order valence-electron chi connectivity index (χ1n) is 12.7. The molecule has 208 valence electrons. The van der Waals surface area contributed by atoms with Gasteiger partial charge in [-0.3, -0.25) is 24.6 Å². The minimum absolute atomic E-state index is 0.140. The number of Topliss-reactive ketones (excluding diaryl/α,β-unsaturated/α-hetero) is 1. The van der Waals surface area contributed by atoms with Gasteiger partial charge in [0, 0.05) is 23.4 Å². The third-order valence-electron chi connectivity index (χ3n) is 6.25. The average molecular weight is 589 g/mol. The van der Waals surface area contributed by atoms with Crippen molar-refractivity contribution in [2.24, 2.45) is 0 Å². The smallest absolute Gasteiger partial charge is 0.301 e. The van der Waals surface area contributed by atoms with E-state index in [4.69, 9.17) is 4.74 Å². The predicted octanol–water partition coefficient (Wildman–Crippen LogP) is 6.15. The Labute approximate surface area is 243 Å². The number of nitro groups is 1. The number of aliphatic hydroxyl groups is 1. The van der Waals surface area contributed by atoms with Gasteiger partial charge in [0.25, 0.3) is 11.5 Å². The minimum atomic E-state index is -1.16. The van der Waals surface area contributed by atoms with Crippen molar-refractivity contribution in [1.82, 2.24) is 10.2 Å². The SMILES string of the molecule is CCCOc1ccc(/C(O)=C2\C(=O)C(=O)N(c3nnc(SCc4ccccc4)s3)C2c2cccc([N+](=O)[O-])c2)cc1. The fourth-order valence-corrected chi connectivity index (χ4v) is 6.14. The van der Waals surface area contributed by atoms with Crippen LogP contribution in [0, 0.1) is 10.1 Å². The lowest BCUT2D eigenvalue weighted by molar-refractivity contribution is -0.384. The van der Waals surface area contributed by atoms with E-state index in [9.17, 15) is 24.8 Å². The molecule has 1 unspecified atom stereocenters. The molecule has 0 spiro atoms. The number of carbonyl (C=O) groups is 2. The quantitative estimate of drug-likeness (QED) is 0.0440. The van der Waals surface area contributed by atoms with Crippen molar-refractivity contribution >= 4 is 51.4 Å². The highest BCUT2D eigenvalue weighted by Crippen LogP contribution is 2.44. The molecule has 5 rings (SSSR count). The highest BCUT2D eigenvalue weighted by atomic mass is 32.2. The molecule has 1 N–H and O–H groups in total. The number of hydrogen-bond acceptors (Lipinski definition) is 10. The van der Waals surface area contributed by atoms with E-state index < -0.39 is 28.4 Å². The van der Waals surface area contributed by atoms with E-state index in [1.807, 2.05) is 37.3 Å². The van der Waals surface area contributed by atoms with Crippen molar-refractivity contribution in [2.75, 3.05) is 11.5 Å². The highest BCUT2D eigenvalue weighted by molar-refractivity contribution is 8.00. The molecule has 1 aromatic heterocycles.